The van der Waals surface area contributed by atoms with Crippen LogP contribution in [0.3, 0.4) is 0 Å². The van der Waals surface area contributed by atoms with Gasteiger partial charge in [-0.15, -0.1) is 0 Å². The Bertz CT molecular complexity index is 327. The lowest BCUT2D eigenvalue weighted by molar-refractivity contribution is 0.267. The number of hydrogen-bond donors (Lipinski definition) is 1. The molecule has 1 N–H and O–H groups in total. The topological polar surface area (TPSA) is 12.0 Å². The van der Waals surface area contributed by atoms with E-state index in [4.69, 9.17) is 0 Å². The highest BCUT2D eigenvalue weighted by Crippen LogP contribution is 2.26. The van der Waals surface area contributed by atoms with Gasteiger partial charge in [-0.25, -0.2) is 0 Å². The first-order valence-electron chi connectivity index (χ1n) is 7.55. The lowest BCUT2D eigenvalue weighted by Crippen LogP contribution is -2.41. The molecule has 1 fully saturated rings. The molecular formula is C17H27N. The van der Waals surface area contributed by atoms with Crippen LogP contribution in [0.15, 0.2) is 30.3 Å². The van der Waals surface area contributed by atoms with Crippen molar-refractivity contribution in [2.75, 3.05) is 0 Å². The molecule has 0 heterocycles. The quantitative estimate of drug-likeness (QED) is 0.820. The molecule has 0 spiro atoms. The van der Waals surface area contributed by atoms with Gasteiger partial charge in [-0.2, -0.15) is 0 Å². The second kappa shape index (κ2) is 6.94. The third-order valence-corrected chi connectivity index (χ3v) is 4.29. The molecule has 1 aromatic carbocycles. The summed E-state index contributed by atoms with van der Waals surface area (Å²) in [5, 5.41) is 3.80. The van der Waals surface area contributed by atoms with Crippen molar-refractivity contribution in [1.29, 1.82) is 0 Å². The van der Waals surface area contributed by atoms with Crippen LogP contribution in [-0.4, -0.2) is 12.1 Å². The molecule has 18 heavy (non-hydrogen) atoms. The van der Waals surface area contributed by atoms with Gasteiger partial charge in [0.05, 0.1) is 0 Å². The molecule has 2 atom stereocenters. The van der Waals surface area contributed by atoms with E-state index >= 15 is 0 Å². The fourth-order valence-corrected chi connectivity index (χ4v) is 3.25. The molecular weight excluding hydrogens is 218 g/mol. The lowest BCUT2D eigenvalue weighted by Gasteiger charge is -2.30. The van der Waals surface area contributed by atoms with Crippen molar-refractivity contribution in [2.24, 2.45) is 5.92 Å². The van der Waals surface area contributed by atoms with Gasteiger partial charge in [-0.1, -0.05) is 49.6 Å². The van der Waals surface area contributed by atoms with Gasteiger partial charge in [0.1, 0.15) is 0 Å². The highest BCUT2D eigenvalue weighted by molar-refractivity contribution is 5.15. The first-order chi connectivity index (χ1) is 8.75. The Labute approximate surface area is 112 Å². The first kappa shape index (κ1) is 13.6. The summed E-state index contributed by atoms with van der Waals surface area (Å²) in [5.74, 6) is 0.900. The van der Waals surface area contributed by atoms with Crippen molar-refractivity contribution in [3.63, 3.8) is 0 Å². The molecule has 1 nitrogen and oxygen atoms in total. The molecule has 0 bridgehead atoms. The molecule has 1 saturated carbocycles. The fourth-order valence-electron chi connectivity index (χ4n) is 3.25. The largest absolute Gasteiger partial charge is 0.311 e. The Kier molecular flexibility index (Phi) is 5.25. The van der Waals surface area contributed by atoms with Crippen LogP contribution in [-0.2, 0) is 6.42 Å². The van der Waals surface area contributed by atoms with E-state index in [1.807, 2.05) is 0 Å². The summed E-state index contributed by atoms with van der Waals surface area (Å²) in [6, 6.07) is 12.0. The molecule has 1 aromatic rings. The molecule has 0 radical (unpaired) electrons. The van der Waals surface area contributed by atoms with Crippen molar-refractivity contribution >= 4 is 0 Å². The van der Waals surface area contributed by atoms with Crippen molar-refractivity contribution in [2.45, 2.75) is 64.5 Å². The van der Waals surface area contributed by atoms with Crippen LogP contribution in [0.25, 0.3) is 0 Å². The van der Waals surface area contributed by atoms with Gasteiger partial charge in [0.2, 0.25) is 0 Å². The smallest absolute Gasteiger partial charge is 0.00817 e. The molecule has 1 aliphatic carbocycles. The van der Waals surface area contributed by atoms with Gasteiger partial charge in [-0.3, -0.25) is 0 Å². The molecule has 0 aromatic heterocycles. The summed E-state index contributed by atoms with van der Waals surface area (Å²) >= 11 is 0. The van der Waals surface area contributed by atoms with E-state index in [1.165, 1.54) is 37.7 Å². The predicted molar refractivity (Wildman–Crippen MR) is 78.8 cm³/mol. The van der Waals surface area contributed by atoms with Gasteiger partial charge in [0.15, 0.2) is 0 Å². The Morgan fingerprint density at radius 1 is 1.06 bits per heavy atom. The highest BCUT2D eigenvalue weighted by atomic mass is 14.9. The van der Waals surface area contributed by atoms with E-state index in [0.717, 1.165) is 12.3 Å². The van der Waals surface area contributed by atoms with Crippen molar-refractivity contribution in [3.8, 4) is 0 Å². The Balaban J connectivity index is 1.77. The minimum atomic E-state index is 0.573. The molecule has 0 amide bonds. The van der Waals surface area contributed by atoms with Crippen LogP contribution in [0.1, 0.15) is 51.5 Å². The second-order valence-corrected chi connectivity index (χ2v) is 5.94. The third-order valence-electron chi connectivity index (χ3n) is 4.29. The third kappa shape index (κ3) is 4.13. The molecule has 0 saturated heterocycles. The maximum Gasteiger partial charge on any atom is 0.00817 e. The van der Waals surface area contributed by atoms with E-state index in [1.54, 1.807) is 0 Å². The average molecular weight is 245 g/mol. The normalized spacial score (nSPS) is 20.6. The van der Waals surface area contributed by atoms with Crippen molar-refractivity contribution in [1.82, 2.24) is 5.32 Å². The van der Waals surface area contributed by atoms with Gasteiger partial charge in [0, 0.05) is 12.1 Å². The number of nitrogens with one attached hydrogen (secondary N) is 1. The van der Waals surface area contributed by atoms with E-state index in [0.29, 0.717) is 12.1 Å². The van der Waals surface area contributed by atoms with Crippen LogP contribution in [0, 0.1) is 5.92 Å². The summed E-state index contributed by atoms with van der Waals surface area (Å²) in [4.78, 5) is 0. The molecule has 1 unspecified atom stereocenters. The second-order valence-electron chi connectivity index (χ2n) is 5.94. The average Bonchev–Trinajstić information content (AvgIpc) is 2.40. The highest BCUT2D eigenvalue weighted by Gasteiger charge is 2.20. The Morgan fingerprint density at radius 3 is 2.39 bits per heavy atom. The van der Waals surface area contributed by atoms with E-state index in [2.05, 4.69) is 49.5 Å². The maximum atomic E-state index is 3.80. The van der Waals surface area contributed by atoms with Crippen LogP contribution in [0.4, 0.5) is 0 Å². The Hall–Kier alpha value is -0.820. The predicted octanol–water partition coefficient (Wildman–Crippen LogP) is 4.18. The molecule has 1 aliphatic rings. The lowest BCUT2D eigenvalue weighted by atomic mass is 9.84. The summed E-state index contributed by atoms with van der Waals surface area (Å²) in [5.41, 5.74) is 1.44. The minimum Gasteiger partial charge on any atom is -0.311 e. The SMILES string of the molecule is CC(Cc1ccccc1)N[C@@H](C)C1CCCCC1. The monoisotopic (exact) mass is 245 g/mol. The fraction of sp³-hybridized carbons (Fsp3) is 0.647. The number of hydrogen-bond acceptors (Lipinski definition) is 1. The van der Waals surface area contributed by atoms with E-state index in [-0.39, 0.29) is 0 Å². The number of benzene rings is 1. The number of rotatable bonds is 5. The summed E-state index contributed by atoms with van der Waals surface area (Å²) in [6.07, 6.45) is 8.30. The van der Waals surface area contributed by atoms with Crippen molar-refractivity contribution in [3.05, 3.63) is 35.9 Å². The van der Waals surface area contributed by atoms with Crippen LogP contribution < -0.4 is 5.32 Å². The maximum absolute atomic E-state index is 3.80. The van der Waals surface area contributed by atoms with Crippen LogP contribution >= 0.6 is 0 Å². The standard InChI is InChI=1S/C17H27N/c1-14(13-16-9-5-3-6-10-16)18-15(2)17-11-7-4-8-12-17/h3,5-6,9-10,14-15,17-18H,4,7-8,11-13H2,1-2H3/t14?,15-/m0/s1. The molecule has 0 aliphatic heterocycles. The zero-order valence-corrected chi connectivity index (χ0v) is 11.9. The summed E-state index contributed by atoms with van der Waals surface area (Å²) in [6.45, 7) is 4.68. The Morgan fingerprint density at radius 2 is 1.72 bits per heavy atom. The molecule has 2 rings (SSSR count). The molecule has 100 valence electrons. The zero-order valence-electron chi connectivity index (χ0n) is 11.9. The van der Waals surface area contributed by atoms with Crippen LogP contribution in [0.5, 0.6) is 0 Å². The van der Waals surface area contributed by atoms with Gasteiger partial charge in [0.25, 0.3) is 0 Å². The van der Waals surface area contributed by atoms with Gasteiger partial charge < -0.3 is 5.32 Å². The van der Waals surface area contributed by atoms with E-state index in [9.17, 15) is 0 Å². The molecule has 1 heteroatoms. The van der Waals surface area contributed by atoms with E-state index < -0.39 is 0 Å². The zero-order chi connectivity index (χ0) is 12.8. The minimum absolute atomic E-state index is 0.573. The summed E-state index contributed by atoms with van der Waals surface area (Å²) in [7, 11) is 0. The van der Waals surface area contributed by atoms with Gasteiger partial charge >= 0.3 is 0 Å². The summed E-state index contributed by atoms with van der Waals surface area (Å²) < 4.78 is 0. The first-order valence-corrected chi connectivity index (χ1v) is 7.55. The van der Waals surface area contributed by atoms with Crippen LogP contribution in [0.2, 0.25) is 0 Å². The van der Waals surface area contributed by atoms with Crippen molar-refractivity contribution < 1.29 is 0 Å². The van der Waals surface area contributed by atoms with Gasteiger partial charge in [-0.05, 0) is 44.6 Å².